The quantitative estimate of drug-likeness (QED) is 0.426. The number of carbonyl (C=O) groups excluding carboxylic acids is 1. The first-order valence-electron chi connectivity index (χ1n) is 9.33. The van der Waals surface area contributed by atoms with E-state index < -0.39 is 0 Å². The van der Waals surface area contributed by atoms with Crippen molar-refractivity contribution in [2.75, 3.05) is 26.6 Å². The number of benzene rings is 2. The molecule has 0 atom stereocenters. The molecule has 2 aromatic carbocycles. The van der Waals surface area contributed by atoms with Crippen LogP contribution in [0.5, 0.6) is 17.2 Å². The highest BCUT2D eigenvalue weighted by molar-refractivity contribution is 7.15. The first-order valence-corrected chi connectivity index (χ1v) is 10.6. The van der Waals surface area contributed by atoms with E-state index in [-0.39, 0.29) is 12.3 Å². The van der Waals surface area contributed by atoms with Gasteiger partial charge in [-0.3, -0.25) is 9.20 Å². The van der Waals surface area contributed by atoms with Gasteiger partial charge < -0.3 is 19.5 Å². The van der Waals surface area contributed by atoms with Gasteiger partial charge in [-0.15, -0.1) is 11.3 Å². The fourth-order valence-electron chi connectivity index (χ4n) is 3.21. The second-order valence-electron chi connectivity index (χ2n) is 6.65. The zero-order valence-corrected chi connectivity index (χ0v) is 18.7. The second-order valence-corrected chi connectivity index (χ2v) is 7.89. The molecule has 1 amide bonds. The Balaban J connectivity index is 1.57. The lowest BCUT2D eigenvalue weighted by atomic mass is 10.1. The van der Waals surface area contributed by atoms with E-state index in [1.807, 2.05) is 34.2 Å². The van der Waals surface area contributed by atoms with Gasteiger partial charge in [-0.25, -0.2) is 4.98 Å². The summed E-state index contributed by atoms with van der Waals surface area (Å²) in [5, 5.41) is 5.23. The molecule has 7 nitrogen and oxygen atoms in total. The van der Waals surface area contributed by atoms with Gasteiger partial charge in [-0.1, -0.05) is 11.6 Å². The predicted molar refractivity (Wildman–Crippen MR) is 122 cm³/mol. The number of amides is 1. The summed E-state index contributed by atoms with van der Waals surface area (Å²) in [6.45, 7) is 0. The number of nitrogens with one attached hydrogen (secondary N) is 1. The number of halogens is 1. The van der Waals surface area contributed by atoms with E-state index in [1.54, 1.807) is 39.5 Å². The lowest BCUT2D eigenvalue weighted by Gasteiger charge is -2.08. The molecule has 160 valence electrons. The summed E-state index contributed by atoms with van der Waals surface area (Å²) in [6.07, 6.45) is 2.09. The van der Waals surface area contributed by atoms with Gasteiger partial charge in [0.25, 0.3) is 0 Å². The molecular formula is C22H20ClN3O4S. The molecule has 31 heavy (non-hydrogen) atoms. The normalized spacial score (nSPS) is 10.8. The Kier molecular flexibility index (Phi) is 6.01. The summed E-state index contributed by atoms with van der Waals surface area (Å²) >= 11 is 7.61. The number of fused-ring (bicyclic) bond motifs is 1. The molecule has 4 aromatic rings. The van der Waals surface area contributed by atoms with Gasteiger partial charge in [-0.05, 0) is 36.4 Å². The van der Waals surface area contributed by atoms with Crippen LogP contribution in [0.25, 0.3) is 16.2 Å². The maximum Gasteiger partial charge on any atom is 0.230 e. The van der Waals surface area contributed by atoms with Crippen LogP contribution in [-0.4, -0.2) is 36.6 Å². The van der Waals surface area contributed by atoms with Gasteiger partial charge in [0.15, 0.2) is 4.96 Å². The number of rotatable bonds is 7. The van der Waals surface area contributed by atoms with Crippen LogP contribution in [0.4, 0.5) is 5.69 Å². The Morgan fingerprint density at radius 1 is 1.10 bits per heavy atom. The summed E-state index contributed by atoms with van der Waals surface area (Å²) in [5.41, 5.74) is 3.00. The van der Waals surface area contributed by atoms with E-state index in [9.17, 15) is 4.79 Å². The van der Waals surface area contributed by atoms with Gasteiger partial charge in [0.05, 0.1) is 38.5 Å². The Morgan fingerprint density at radius 3 is 2.58 bits per heavy atom. The monoisotopic (exact) mass is 457 g/mol. The van der Waals surface area contributed by atoms with Crippen molar-refractivity contribution in [3.63, 3.8) is 0 Å². The van der Waals surface area contributed by atoms with Crippen molar-refractivity contribution in [3.05, 3.63) is 58.7 Å². The van der Waals surface area contributed by atoms with Gasteiger partial charge in [0.1, 0.15) is 17.2 Å². The number of ether oxygens (including phenoxy) is 3. The van der Waals surface area contributed by atoms with Crippen molar-refractivity contribution in [1.29, 1.82) is 0 Å². The molecule has 0 bridgehead atoms. The van der Waals surface area contributed by atoms with Gasteiger partial charge >= 0.3 is 0 Å². The average molecular weight is 458 g/mol. The third-order valence-corrected chi connectivity index (χ3v) is 5.93. The maximum atomic E-state index is 12.6. The maximum absolute atomic E-state index is 12.6. The van der Waals surface area contributed by atoms with E-state index >= 15 is 0 Å². The molecule has 0 spiro atoms. The number of imidazole rings is 1. The molecule has 0 saturated carbocycles. The Hall–Kier alpha value is -3.23. The number of nitrogens with zero attached hydrogens (tertiary/aromatic N) is 2. The molecule has 0 radical (unpaired) electrons. The summed E-state index contributed by atoms with van der Waals surface area (Å²) in [6, 6.07) is 10.7. The summed E-state index contributed by atoms with van der Waals surface area (Å²) < 4.78 is 17.9. The van der Waals surface area contributed by atoms with Crippen molar-refractivity contribution >= 4 is 39.5 Å². The first kappa shape index (κ1) is 21.0. The Bertz CT molecular complexity index is 1250. The highest BCUT2D eigenvalue weighted by Crippen LogP contribution is 2.34. The van der Waals surface area contributed by atoms with E-state index in [0.717, 1.165) is 21.9 Å². The van der Waals surface area contributed by atoms with Crippen molar-refractivity contribution in [2.45, 2.75) is 6.42 Å². The highest BCUT2D eigenvalue weighted by Gasteiger charge is 2.16. The lowest BCUT2D eigenvalue weighted by molar-refractivity contribution is -0.115. The lowest BCUT2D eigenvalue weighted by Crippen LogP contribution is -2.15. The highest BCUT2D eigenvalue weighted by atomic mass is 35.5. The standard InChI is InChI=1S/C22H20ClN3O4S/c1-28-15-5-7-19(29-2)16(10-15)18-11-26-14(12-31-22(26)25-18)9-21(27)24-13-4-6-20(30-3)17(23)8-13/h4-8,10-12H,9H2,1-3H3,(H,24,27). The van der Waals surface area contributed by atoms with Crippen LogP contribution in [0.15, 0.2) is 48.0 Å². The van der Waals surface area contributed by atoms with Gasteiger partial charge in [0, 0.05) is 28.5 Å². The van der Waals surface area contributed by atoms with E-state index in [0.29, 0.717) is 28.0 Å². The molecule has 2 heterocycles. The molecule has 0 aliphatic rings. The van der Waals surface area contributed by atoms with Crippen LogP contribution in [0.2, 0.25) is 5.02 Å². The summed E-state index contributed by atoms with van der Waals surface area (Å²) in [4.78, 5) is 18.1. The average Bonchev–Trinajstić information content (AvgIpc) is 3.35. The van der Waals surface area contributed by atoms with Crippen molar-refractivity contribution in [1.82, 2.24) is 9.38 Å². The number of anilines is 1. The molecule has 1 N–H and O–H groups in total. The van der Waals surface area contributed by atoms with Crippen molar-refractivity contribution in [2.24, 2.45) is 0 Å². The summed E-state index contributed by atoms with van der Waals surface area (Å²) in [7, 11) is 4.77. The van der Waals surface area contributed by atoms with Gasteiger partial charge in [0.2, 0.25) is 5.91 Å². The van der Waals surface area contributed by atoms with E-state index in [2.05, 4.69) is 5.32 Å². The zero-order chi connectivity index (χ0) is 22.0. The van der Waals surface area contributed by atoms with Crippen LogP contribution in [-0.2, 0) is 11.2 Å². The smallest absolute Gasteiger partial charge is 0.230 e. The number of methoxy groups -OCH3 is 3. The molecule has 2 aromatic heterocycles. The van der Waals surface area contributed by atoms with Gasteiger partial charge in [-0.2, -0.15) is 0 Å². The topological polar surface area (TPSA) is 74.1 Å². The SMILES string of the molecule is COc1ccc(OC)c(-c2cn3c(CC(=O)Nc4ccc(OC)c(Cl)c4)csc3n2)c1. The van der Waals surface area contributed by atoms with Crippen LogP contribution in [0, 0.1) is 0 Å². The van der Waals surface area contributed by atoms with Crippen LogP contribution in [0.1, 0.15) is 5.69 Å². The van der Waals surface area contributed by atoms with E-state index in [4.69, 9.17) is 30.8 Å². The molecule has 4 rings (SSSR count). The molecule has 0 fully saturated rings. The largest absolute Gasteiger partial charge is 0.497 e. The number of hydrogen-bond donors (Lipinski definition) is 1. The molecule has 9 heteroatoms. The molecule has 0 unspecified atom stereocenters. The first-order chi connectivity index (χ1) is 15.0. The third kappa shape index (κ3) is 4.30. The number of thiazole rings is 1. The minimum absolute atomic E-state index is 0.157. The fourth-order valence-corrected chi connectivity index (χ4v) is 4.34. The number of aromatic nitrogens is 2. The third-order valence-electron chi connectivity index (χ3n) is 4.74. The zero-order valence-electron chi connectivity index (χ0n) is 17.1. The molecule has 0 aliphatic carbocycles. The van der Waals surface area contributed by atoms with Crippen LogP contribution < -0.4 is 19.5 Å². The van der Waals surface area contributed by atoms with Crippen LogP contribution >= 0.6 is 22.9 Å². The minimum Gasteiger partial charge on any atom is -0.497 e. The fraction of sp³-hybridized carbons (Fsp3) is 0.182. The molecule has 0 aliphatic heterocycles. The Labute approximate surface area is 188 Å². The minimum atomic E-state index is -0.157. The summed E-state index contributed by atoms with van der Waals surface area (Å²) in [5.74, 6) is 1.81. The number of hydrogen-bond acceptors (Lipinski definition) is 6. The van der Waals surface area contributed by atoms with Crippen molar-refractivity contribution < 1.29 is 19.0 Å². The van der Waals surface area contributed by atoms with E-state index in [1.165, 1.54) is 11.3 Å². The predicted octanol–water partition coefficient (Wildman–Crippen LogP) is 4.92. The Morgan fingerprint density at radius 2 is 1.87 bits per heavy atom. The molecular weight excluding hydrogens is 438 g/mol. The van der Waals surface area contributed by atoms with Crippen molar-refractivity contribution in [3.8, 4) is 28.5 Å². The molecule has 0 saturated heterocycles. The number of carbonyl (C=O) groups is 1. The van der Waals surface area contributed by atoms with Crippen LogP contribution in [0.3, 0.4) is 0 Å². The second kappa shape index (κ2) is 8.87.